The van der Waals surface area contributed by atoms with Gasteiger partial charge in [-0.05, 0) is 12.8 Å². The summed E-state index contributed by atoms with van der Waals surface area (Å²) in [5, 5.41) is 0. The molecule has 2 aliphatic rings. The van der Waals surface area contributed by atoms with Gasteiger partial charge in [-0.3, -0.25) is 19.3 Å². The van der Waals surface area contributed by atoms with E-state index in [1.54, 1.807) is 4.90 Å². The molecule has 2 saturated heterocycles. The molecule has 2 heterocycles. The summed E-state index contributed by atoms with van der Waals surface area (Å²) < 4.78 is 0. The Bertz CT molecular complexity index is 330. The first kappa shape index (κ1) is 13.1. The van der Waals surface area contributed by atoms with Crippen LogP contribution in [0.2, 0.25) is 0 Å². The van der Waals surface area contributed by atoms with Crippen molar-refractivity contribution in [3.63, 3.8) is 0 Å². The second kappa shape index (κ2) is 5.98. The van der Waals surface area contributed by atoms with Crippen LogP contribution in [0.25, 0.3) is 0 Å². The topological polar surface area (TPSA) is 57.7 Å². The molecule has 2 rings (SSSR count). The molecule has 3 amide bonds. The first-order valence-corrected chi connectivity index (χ1v) is 6.79. The monoisotopic (exact) mass is 252 g/mol. The Balaban J connectivity index is 1.89. The summed E-state index contributed by atoms with van der Waals surface area (Å²) in [6.45, 7) is 1.46. The zero-order valence-corrected chi connectivity index (χ0v) is 10.7. The molecule has 0 aromatic heterocycles. The maximum Gasteiger partial charge on any atom is 0.242 e. The fourth-order valence-electron chi connectivity index (χ4n) is 2.53. The van der Waals surface area contributed by atoms with Gasteiger partial charge in [-0.2, -0.15) is 0 Å². The van der Waals surface area contributed by atoms with E-state index < -0.39 is 0 Å². The van der Waals surface area contributed by atoms with Crippen LogP contribution in [-0.2, 0) is 14.4 Å². The van der Waals surface area contributed by atoms with Crippen molar-refractivity contribution >= 4 is 17.7 Å². The molecule has 5 nitrogen and oxygen atoms in total. The Hall–Kier alpha value is -1.39. The summed E-state index contributed by atoms with van der Waals surface area (Å²) in [6.07, 6.45) is 6.11. The number of hydrogen-bond donors (Lipinski definition) is 0. The van der Waals surface area contributed by atoms with Crippen LogP contribution in [0.4, 0.5) is 0 Å². The predicted molar refractivity (Wildman–Crippen MR) is 65.6 cm³/mol. The number of likely N-dealkylation sites (tertiary alicyclic amines) is 2. The van der Waals surface area contributed by atoms with Crippen LogP contribution in [0.5, 0.6) is 0 Å². The van der Waals surface area contributed by atoms with E-state index in [1.807, 2.05) is 0 Å². The largest absolute Gasteiger partial charge is 0.341 e. The first-order chi connectivity index (χ1) is 8.68. The van der Waals surface area contributed by atoms with Crippen molar-refractivity contribution in [2.45, 2.75) is 44.9 Å². The van der Waals surface area contributed by atoms with Gasteiger partial charge >= 0.3 is 0 Å². The lowest BCUT2D eigenvalue weighted by Gasteiger charge is -2.26. The second-order valence-corrected chi connectivity index (χ2v) is 5.02. The number of imide groups is 1. The Morgan fingerprint density at radius 1 is 0.889 bits per heavy atom. The van der Waals surface area contributed by atoms with Gasteiger partial charge in [-0.25, -0.2) is 0 Å². The zero-order chi connectivity index (χ0) is 13.0. The van der Waals surface area contributed by atoms with E-state index in [0.29, 0.717) is 0 Å². The molecule has 2 fully saturated rings. The summed E-state index contributed by atoms with van der Waals surface area (Å²) >= 11 is 0. The van der Waals surface area contributed by atoms with Crippen molar-refractivity contribution in [2.75, 3.05) is 19.6 Å². The number of rotatable bonds is 2. The lowest BCUT2D eigenvalue weighted by Crippen LogP contribution is -2.43. The van der Waals surface area contributed by atoms with Crippen LogP contribution in [0.1, 0.15) is 44.9 Å². The molecule has 18 heavy (non-hydrogen) atoms. The normalized spacial score (nSPS) is 22.0. The molecule has 0 saturated carbocycles. The Labute approximate surface area is 107 Å². The molecule has 0 atom stereocenters. The van der Waals surface area contributed by atoms with Crippen LogP contribution >= 0.6 is 0 Å². The van der Waals surface area contributed by atoms with Gasteiger partial charge in [0.1, 0.15) is 6.54 Å². The lowest BCUT2D eigenvalue weighted by atomic mass is 10.1. The average Bonchev–Trinajstić information content (AvgIpc) is 2.60. The molecular formula is C13H20N2O3. The highest BCUT2D eigenvalue weighted by molar-refractivity contribution is 6.04. The minimum Gasteiger partial charge on any atom is -0.341 e. The predicted octanol–water partition coefficient (Wildman–Crippen LogP) is 0.928. The minimum atomic E-state index is -0.208. The summed E-state index contributed by atoms with van der Waals surface area (Å²) in [6, 6.07) is 0. The quantitative estimate of drug-likeness (QED) is 0.687. The molecule has 5 heteroatoms. The number of carbonyl (C=O) groups excluding carboxylic acids is 3. The molecule has 0 aromatic rings. The van der Waals surface area contributed by atoms with Gasteiger partial charge in [0, 0.05) is 25.9 Å². The summed E-state index contributed by atoms with van der Waals surface area (Å²) in [7, 11) is 0. The Morgan fingerprint density at radius 2 is 1.39 bits per heavy atom. The van der Waals surface area contributed by atoms with Crippen molar-refractivity contribution in [2.24, 2.45) is 0 Å². The Morgan fingerprint density at radius 3 is 1.94 bits per heavy atom. The van der Waals surface area contributed by atoms with E-state index in [2.05, 4.69) is 0 Å². The molecule has 0 N–H and O–H groups in total. The standard InChI is InChI=1S/C13H20N2O3/c16-11-6-7-12(17)15(11)10-13(18)14-8-4-2-1-3-5-9-14/h1-10H2. The molecule has 0 unspecified atom stereocenters. The smallest absolute Gasteiger partial charge is 0.242 e. The molecular weight excluding hydrogens is 232 g/mol. The molecule has 100 valence electrons. The summed E-state index contributed by atoms with van der Waals surface area (Å²) in [4.78, 5) is 37.9. The van der Waals surface area contributed by atoms with Gasteiger partial charge in [-0.1, -0.05) is 19.3 Å². The van der Waals surface area contributed by atoms with Crippen LogP contribution in [0.15, 0.2) is 0 Å². The van der Waals surface area contributed by atoms with Gasteiger partial charge < -0.3 is 4.90 Å². The van der Waals surface area contributed by atoms with Crippen LogP contribution in [0.3, 0.4) is 0 Å². The molecule has 0 bridgehead atoms. The molecule has 0 aromatic carbocycles. The second-order valence-electron chi connectivity index (χ2n) is 5.02. The van der Waals surface area contributed by atoms with E-state index in [-0.39, 0.29) is 37.1 Å². The molecule has 0 aliphatic carbocycles. The third-order valence-electron chi connectivity index (χ3n) is 3.66. The third-order valence-corrected chi connectivity index (χ3v) is 3.66. The van der Waals surface area contributed by atoms with Crippen molar-refractivity contribution in [3.8, 4) is 0 Å². The Kier molecular flexibility index (Phi) is 4.33. The van der Waals surface area contributed by atoms with Crippen molar-refractivity contribution < 1.29 is 14.4 Å². The number of amides is 3. The van der Waals surface area contributed by atoms with Crippen LogP contribution in [0, 0.1) is 0 Å². The SMILES string of the molecule is O=C(CN1C(=O)CCC1=O)N1CCCCCCC1. The van der Waals surface area contributed by atoms with Gasteiger partial charge in [-0.15, -0.1) is 0 Å². The number of hydrogen-bond acceptors (Lipinski definition) is 3. The van der Waals surface area contributed by atoms with Gasteiger partial charge in [0.2, 0.25) is 17.7 Å². The molecule has 0 spiro atoms. The van der Waals surface area contributed by atoms with E-state index in [9.17, 15) is 14.4 Å². The fraction of sp³-hybridized carbons (Fsp3) is 0.769. The fourth-order valence-corrected chi connectivity index (χ4v) is 2.53. The average molecular weight is 252 g/mol. The maximum atomic E-state index is 12.1. The minimum absolute atomic E-state index is 0.0579. The van der Waals surface area contributed by atoms with Gasteiger partial charge in [0.25, 0.3) is 0 Å². The van der Waals surface area contributed by atoms with Crippen LogP contribution < -0.4 is 0 Å². The number of carbonyl (C=O) groups is 3. The highest BCUT2D eigenvalue weighted by atomic mass is 16.2. The summed E-state index contributed by atoms with van der Waals surface area (Å²) in [5.74, 6) is -0.499. The van der Waals surface area contributed by atoms with E-state index in [1.165, 1.54) is 6.42 Å². The highest BCUT2D eigenvalue weighted by Gasteiger charge is 2.31. The van der Waals surface area contributed by atoms with Gasteiger partial charge in [0.15, 0.2) is 0 Å². The van der Waals surface area contributed by atoms with E-state index in [4.69, 9.17) is 0 Å². The number of nitrogens with zero attached hydrogens (tertiary/aromatic N) is 2. The van der Waals surface area contributed by atoms with Crippen molar-refractivity contribution in [3.05, 3.63) is 0 Å². The summed E-state index contributed by atoms with van der Waals surface area (Å²) in [5.41, 5.74) is 0. The van der Waals surface area contributed by atoms with E-state index >= 15 is 0 Å². The van der Waals surface area contributed by atoms with E-state index in [0.717, 1.165) is 43.7 Å². The zero-order valence-electron chi connectivity index (χ0n) is 10.7. The highest BCUT2D eigenvalue weighted by Crippen LogP contribution is 2.14. The van der Waals surface area contributed by atoms with Crippen molar-refractivity contribution in [1.82, 2.24) is 9.80 Å². The van der Waals surface area contributed by atoms with Gasteiger partial charge in [0.05, 0.1) is 0 Å². The van der Waals surface area contributed by atoms with Crippen LogP contribution in [-0.4, -0.2) is 47.2 Å². The maximum absolute atomic E-state index is 12.1. The van der Waals surface area contributed by atoms with Crippen molar-refractivity contribution in [1.29, 1.82) is 0 Å². The lowest BCUT2D eigenvalue weighted by molar-refractivity contribution is -0.145. The molecule has 2 aliphatic heterocycles. The first-order valence-electron chi connectivity index (χ1n) is 6.79. The third kappa shape index (κ3) is 3.09. The molecule has 0 radical (unpaired) electrons.